The van der Waals surface area contributed by atoms with Crippen LogP contribution in [-0.4, -0.2) is 54.2 Å². The molecule has 2 aliphatic heterocycles. The van der Waals surface area contributed by atoms with Gasteiger partial charge in [0.15, 0.2) is 0 Å². The van der Waals surface area contributed by atoms with Crippen molar-refractivity contribution in [2.45, 2.75) is 51.9 Å². The summed E-state index contributed by atoms with van der Waals surface area (Å²) in [7, 11) is 0. The lowest BCUT2D eigenvalue weighted by atomic mass is 10.1. The van der Waals surface area contributed by atoms with Crippen LogP contribution in [0.2, 0.25) is 0 Å². The SMILES string of the molecule is CC(C)N1CCN(C2CCCN2)CC1C. The molecule has 2 fully saturated rings. The van der Waals surface area contributed by atoms with Crippen LogP contribution >= 0.6 is 0 Å². The highest BCUT2D eigenvalue weighted by Crippen LogP contribution is 2.18. The Hall–Kier alpha value is -0.120. The molecule has 2 saturated heterocycles. The zero-order chi connectivity index (χ0) is 10.8. The molecule has 2 aliphatic rings. The van der Waals surface area contributed by atoms with Gasteiger partial charge in [0, 0.05) is 31.7 Å². The van der Waals surface area contributed by atoms with Crippen molar-refractivity contribution < 1.29 is 0 Å². The summed E-state index contributed by atoms with van der Waals surface area (Å²) in [5, 5.41) is 3.60. The third-order valence-electron chi connectivity index (χ3n) is 3.85. The quantitative estimate of drug-likeness (QED) is 0.738. The van der Waals surface area contributed by atoms with Gasteiger partial charge in [-0.25, -0.2) is 0 Å². The van der Waals surface area contributed by atoms with Crippen LogP contribution in [0.1, 0.15) is 33.6 Å². The Kier molecular flexibility index (Phi) is 3.65. The van der Waals surface area contributed by atoms with Gasteiger partial charge in [-0.05, 0) is 40.2 Å². The first-order valence-electron chi connectivity index (χ1n) is 6.41. The number of hydrogen-bond donors (Lipinski definition) is 1. The van der Waals surface area contributed by atoms with Crippen molar-refractivity contribution in [2.24, 2.45) is 0 Å². The van der Waals surface area contributed by atoms with Crippen LogP contribution in [0.5, 0.6) is 0 Å². The van der Waals surface area contributed by atoms with Gasteiger partial charge < -0.3 is 5.32 Å². The highest BCUT2D eigenvalue weighted by Gasteiger charge is 2.30. The molecule has 3 heteroatoms. The summed E-state index contributed by atoms with van der Waals surface area (Å²) in [6.45, 7) is 11.9. The predicted molar refractivity (Wildman–Crippen MR) is 63.9 cm³/mol. The molecule has 3 nitrogen and oxygen atoms in total. The van der Waals surface area contributed by atoms with Gasteiger partial charge in [0.1, 0.15) is 0 Å². The molecule has 1 N–H and O–H groups in total. The molecule has 0 aromatic carbocycles. The smallest absolute Gasteiger partial charge is 0.0598 e. The second-order valence-corrected chi connectivity index (χ2v) is 5.29. The molecule has 0 spiro atoms. The Morgan fingerprint density at radius 1 is 1.27 bits per heavy atom. The normalized spacial score (nSPS) is 35.2. The molecular formula is C12H25N3. The largest absolute Gasteiger partial charge is 0.302 e. The Morgan fingerprint density at radius 3 is 2.60 bits per heavy atom. The Labute approximate surface area is 93.8 Å². The molecule has 2 rings (SSSR count). The Balaban J connectivity index is 1.87. The van der Waals surface area contributed by atoms with E-state index in [4.69, 9.17) is 0 Å². The molecule has 0 aromatic heterocycles. The molecule has 2 heterocycles. The van der Waals surface area contributed by atoms with Gasteiger partial charge in [0.05, 0.1) is 6.17 Å². The monoisotopic (exact) mass is 211 g/mol. The third-order valence-corrected chi connectivity index (χ3v) is 3.85. The van der Waals surface area contributed by atoms with Crippen molar-refractivity contribution in [2.75, 3.05) is 26.2 Å². The van der Waals surface area contributed by atoms with Gasteiger partial charge >= 0.3 is 0 Å². The molecule has 88 valence electrons. The van der Waals surface area contributed by atoms with Gasteiger partial charge in [-0.3, -0.25) is 9.80 Å². The first-order chi connectivity index (χ1) is 7.18. The highest BCUT2D eigenvalue weighted by atomic mass is 15.4. The maximum absolute atomic E-state index is 3.60. The fraction of sp³-hybridized carbons (Fsp3) is 1.00. The number of nitrogens with one attached hydrogen (secondary N) is 1. The van der Waals surface area contributed by atoms with Crippen molar-refractivity contribution in [3.8, 4) is 0 Å². The van der Waals surface area contributed by atoms with Gasteiger partial charge in [-0.2, -0.15) is 0 Å². The van der Waals surface area contributed by atoms with E-state index in [9.17, 15) is 0 Å². The van der Waals surface area contributed by atoms with Gasteiger partial charge in [0.25, 0.3) is 0 Å². The van der Waals surface area contributed by atoms with Crippen LogP contribution in [0.3, 0.4) is 0 Å². The third kappa shape index (κ3) is 2.52. The minimum Gasteiger partial charge on any atom is -0.302 e. The standard InChI is InChI=1S/C12H25N3/c1-10(2)15-8-7-14(9-11(15)3)12-5-4-6-13-12/h10-13H,4-9H2,1-3H3. The molecule has 0 radical (unpaired) electrons. The van der Waals surface area contributed by atoms with Crippen LogP contribution in [0.15, 0.2) is 0 Å². The van der Waals surface area contributed by atoms with Crippen LogP contribution in [0, 0.1) is 0 Å². The van der Waals surface area contributed by atoms with Crippen LogP contribution in [-0.2, 0) is 0 Å². The average Bonchev–Trinajstić information content (AvgIpc) is 2.69. The molecule has 0 bridgehead atoms. The molecule has 2 unspecified atom stereocenters. The molecule has 0 amide bonds. The predicted octanol–water partition coefficient (Wildman–Crippen LogP) is 1.11. The van der Waals surface area contributed by atoms with E-state index < -0.39 is 0 Å². The van der Waals surface area contributed by atoms with Crippen LogP contribution < -0.4 is 5.32 Å². The molecule has 0 aliphatic carbocycles. The lowest BCUT2D eigenvalue weighted by Crippen LogP contribution is -2.58. The average molecular weight is 211 g/mol. The van der Waals surface area contributed by atoms with E-state index in [2.05, 4.69) is 35.9 Å². The number of rotatable bonds is 2. The zero-order valence-corrected chi connectivity index (χ0v) is 10.4. The second-order valence-electron chi connectivity index (χ2n) is 5.29. The summed E-state index contributed by atoms with van der Waals surface area (Å²) in [5.41, 5.74) is 0. The first kappa shape index (κ1) is 11.4. The number of hydrogen-bond acceptors (Lipinski definition) is 3. The van der Waals surface area contributed by atoms with E-state index in [1.807, 2.05) is 0 Å². The lowest BCUT2D eigenvalue weighted by Gasteiger charge is -2.44. The van der Waals surface area contributed by atoms with Crippen LogP contribution in [0.25, 0.3) is 0 Å². The van der Waals surface area contributed by atoms with Gasteiger partial charge in [0.2, 0.25) is 0 Å². The van der Waals surface area contributed by atoms with Crippen molar-refractivity contribution >= 4 is 0 Å². The summed E-state index contributed by atoms with van der Waals surface area (Å²) < 4.78 is 0. The van der Waals surface area contributed by atoms with Crippen molar-refractivity contribution in [3.05, 3.63) is 0 Å². The summed E-state index contributed by atoms with van der Waals surface area (Å²) in [6.07, 6.45) is 3.36. The maximum atomic E-state index is 3.60. The molecular weight excluding hydrogens is 186 g/mol. The number of piperazine rings is 1. The molecule has 15 heavy (non-hydrogen) atoms. The summed E-state index contributed by atoms with van der Waals surface area (Å²) in [4.78, 5) is 5.25. The second kappa shape index (κ2) is 4.81. The summed E-state index contributed by atoms with van der Waals surface area (Å²) >= 11 is 0. The van der Waals surface area contributed by atoms with Crippen molar-refractivity contribution in [1.29, 1.82) is 0 Å². The topological polar surface area (TPSA) is 18.5 Å². The van der Waals surface area contributed by atoms with Gasteiger partial charge in [-0.1, -0.05) is 0 Å². The lowest BCUT2D eigenvalue weighted by molar-refractivity contribution is 0.0329. The molecule has 2 atom stereocenters. The maximum Gasteiger partial charge on any atom is 0.0598 e. The minimum atomic E-state index is 0.668. The van der Waals surface area contributed by atoms with E-state index in [1.54, 1.807) is 0 Å². The van der Waals surface area contributed by atoms with E-state index in [0.717, 1.165) is 0 Å². The van der Waals surface area contributed by atoms with Crippen LogP contribution in [0.4, 0.5) is 0 Å². The van der Waals surface area contributed by atoms with Gasteiger partial charge in [-0.15, -0.1) is 0 Å². The zero-order valence-electron chi connectivity index (χ0n) is 10.4. The summed E-state index contributed by atoms with van der Waals surface area (Å²) in [6, 6.07) is 1.40. The van der Waals surface area contributed by atoms with Crippen molar-refractivity contribution in [3.63, 3.8) is 0 Å². The summed E-state index contributed by atoms with van der Waals surface area (Å²) in [5.74, 6) is 0. The van der Waals surface area contributed by atoms with E-state index in [-0.39, 0.29) is 0 Å². The molecule has 0 aromatic rings. The Morgan fingerprint density at radius 2 is 2.07 bits per heavy atom. The fourth-order valence-corrected chi connectivity index (χ4v) is 3.03. The minimum absolute atomic E-state index is 0.668. The van der Waals surface area contributed by atoms with E-state index >= 15 is 0 Å². The number of nitrogens with zero attached hydrogens (tertiary/aromatic N) is 2. The molecule has 0 saturated carbocycles. The van der Waals surface area contributed by atoms with E-state index in [0.29, 0.717) is 18.2 Å². The van der Waals surface area contributed by atoms with E-state index in [1.165, 1.54) is 39.0 Å². The fourth-order valence-electron chi connectivity index (χ4n) is 3.03. The first-order valence-corrected chi connectivity index (χ1v) is 6.41. The highest BCUT2D eigenvalue weighted by molar-refractivity contribution is 4.85. The van der Waals surface area contributed by atoms with Crippen molar-refractivity contribution in [1.82, 2.24) is 15.1 Å². The Bertz CT molecular complexity index is 199.